The first-order chi connectivity index (χ1) is 7.06. The van der Waals surface area contributed by atoms with Gasteiger partial charge in [-0.15, -0.1) is 11.6 Å². The number of aryl methyl sites for hydroxylation is 2. The van der Waals surface area contributed by atoms with E-state index in [2.05, 4.69) is 21.0 Å². The van der Waals surface area contributed by atoms with E-state index in [1.165, 1.54) is 0 Å². The molecule has 1 heterocycles. The van der Waals surface area contributed by atoms with Gasteiger partial charge in [0.05, 0.1) is 22.0 Å². The van der Waals surface area contributed by atoms with Gasteiger partial charge in [0.15, 0.2) is 0 Å². The van der Waals surface area contributed by atoms with Crippen molar-refractivity contribution in [1.82, 2.24) is 9.78 Å². The van der Waals surface area contributed by atoms with E-state index in [0.29, 0.717) is 12.3 Å². The first-order valence-corrected chi connectivity index (χ1v) is 6.31. The maximum Gasteiger partial charge on any atom is 0.0738 e. The maximum atomic E-state index is 9.77. The molecule has 0 aliphatic heterocycles. The molecule has 0 bridgehead atoms. The average molecular weight is 296 g/mol. The highest BCUT2D eigenvalue weighted by atomic mass is 79.9. The molecular formula is C10H16BrClN2O. The van der Waals surface area contributed by atoms with Gasteiger partial charge < -0.3 is 5.11 Å². The van der Waals surface area contributed by atoms with Crippen LogP contribution in [0.5, 0.6) is 0 Å². The molecule has 0 aliphatic rings. The summed E-state index contributed by atoms with van der Waals surface area (Å²) in [5, 5.41) is 14.0. The van der Waals surface area contributed by atoms with Crippen molar-refractivity contribution in [2.45, 2.75) is 32.3 Å². The zero-order valence-corrected chi connectivity index (χ0v) is 11.3. The Bertz CT molecular complexity index is 327. The second-order valence-corrected chi connectivity index (χ2v) is 4.83. The zero-order chi connectivity index (χ0) is 11.4. The Morgan fingerprint density at radius 3 is 2.73 bits per heavy atom. The van der Waals surface area contributed by atoms with Gasteiger partial charge >= 0.3 is 0 Å². The van der Waals surface area contributed by atoms with Gasteiger partial charge in [-0.05, 0) is 35.7 Å². The summed E-state index contributed by atoms with van der Waals surface area (Å²) in [5.41, 5.74) is 1.99. The predicted molar refractivity (Wildman–Crippen MR) is 65.3 cm³/mol. The lowest BCUT2D eigenvalue weighted by Crippen LogP contribution is -2.13. The van der Waals surface area contributed by atoms with E-state index in [-0.39, 0.29) is 6.10 Å². The van der Waals surface area contributed by atoms with E-state index in [0.717, 1.165) is 28.7 Å². The fourth-order valence-electron chi connectivity index (χ4n) is 1.54. The molecular weight excluding hydrogens is 279 g/mol. The van der Waals surface area contributed by atoms with E-state index >= 15 is 0 Å². The molecule has 0 amide bonds. The van der Waals surface area contributed by atoms with Gasteiger partial charge in [-0.2, -0.15) is 5.10 Å². The largest absolute Gasteiger partial charge is 0.393 e. The third-order valence-corrected chi connectivity index (χ3v) is 3.66. The molecule has 1 rings (SSSR count). The van der Waals surface area contributed by atoms with E-state index in [1.54, 1.807) is 0 Å². The third-order valence-electron chi connectivity index (χ3n) is 2.36. The summed E-state index contributed by atoms with van der Waals surface area (Å²) >= 11 is 9.05. The minimum atomic E-state index is -0.338. The third kappa shape index (κ3) is 3.47. The number of hydrogen-bond donors (Lipinski definition) is 1. The van der Waals surface area contributed by atoms with Crippen LogP contribution in [-0.2, 0) is 13.5 Å². The number of nitrogens with zero attached hydrogens (tertiary/aromatic N) is 2. The smallest absolute Gasteiger partial charge is 0.0738 e. The number of aliphatic hydroxyl groups excluding tert-OH is 1. The van der Waals surface area contributed by atoms with Crippen molar-refractivity contribution in [2.24, 2.45) is 7.05 Å². The maximum absolute atomic E-state index is 9.77. The molecule has 0 saturated heterocycles. The summed E-state index contributed by atoms with van der Waals surface area (Å²) in [6.07, 6.45) is 1.86. The monoisotopic (exact) mass is 294 g/mol. The van der Waals surface area contributed by atoms with Gasteiger partial charge in [0.25, 0.3) is 0 Å². The quantitative estimate of drug-likeness (QED) is 0.847. The van der Waals surface area contributed by atoms with Crippen LogP contribution in [0.25, 0.3) is 0 Å². The predicted octanol–water partition coefficient (Wildman–Crippen LogP) is 2.41. The molecule has 1 aromatic rings. The highest BCUT2D eigenvalue weighted by Crippen LogP contribution is 2.22. The van der Waals surface area contributed by atoms with Gasteiger partial charge in [-0.25, -0.2) is 0 Å². The van der Waals surface area contributed by atoms with Crippen LogP contribution in [-0.4, -0.2) is 26.9 Å². The van der Waals surface area contributed by atoms with Crippen molar-refractivity contribution in [2.75, 3.05) is 5.88 Å². The Kier molecular flexibility index (Phi) is 5.09. The first kappa shape index (κ1) is 13.0. The molecule has 3 nitrogen and oxygen atoms in total. The van der Waals surface area contributed by atoms with Gasteiger partial charge in [0, 0.05) is 19.3 Å². The van der Waals surface area contributed by atoms with Crippen LogP contribution in [0.3, 0.4) is 0 Å². The lowest BCUT2D eigenvalue weighted by molar-refractivity contribution is 0.161. The number of alkyl halides is 1. The topological polar surface area (TPSA) is 38.0 Å². The molecule has 0 aromatic carbocycles. The summed E-state index contributed by atoms with van der Waals surface area (Å²) in [7, 11) is 1.89. The molecule has 0 aliphatic carbocycles. The van der Waals surface area contributed by atoms with Gasteiger partial charge in [-0.1, -0.05) is 0 Å². The molecule has 0 fully saturated rings. The summed E-state index contributed by atoms with van der Waals surface area (Å²) < 4.78 is 2.80. The highest BCUT2D eigenvalue weighted by Gasteiger charge is 2.14. The number of aliphatic hydroxyl groups is 1. The normalized spacial score (nSPS) is 13.1. The minimum absolute atomic E-state index is 0.338. The molecule has 1 unspecified atom stereocenters. The highest BCUT2D eigenvalue weighted by molar-refractivity contribution is 9.10. The molecule has 0 spiro atoms. The lowest BCUT2D eigenvalue weighted by atomic mass is 10.1. The SMILES string of the molecule is Cc1nn(C)c(CC(O)CCCCl)c1Br. The van der Waals surface area contributed by atoms with Gasteiger partial charge in [0.2, 0.25) is 0 Å². The van der Waals surface area contributed by atoms with Gasteiger partial charge in [0.1, 0.15) is 0 Å². The minimum Gasteiger partial charge on any atom is -0.393 e. The molecule has 1 N–H and O–H groups in total. The van der Waals surface area contributed by atoms with Crippen molar-refractivity contribution in [1.29, 1.82) is 0 Å². The van der Waals surface area contributed by atoms with E-state index in [1.807, 2.05) is 18.7 Å². The molecule has 0 saturated carbocycles. The van der Waals surface area contributed by atoms with Crippen LogP contribution in [0.1, 0.15) is 24.2 Å². The number of aromatic nitrogens is 2. The summed E-state index contributed by atoms with van der Waals surface area (Å²) in [6, 6.07) is 0. The van der Waals surface area contributed by atoms with Crippen molar-refractivity contribution < 1.29 is 5.11 Å². The summed E-state index contributed by atoms with van der Waals surface area (Å²) in [4.78, 5) is 0. The van der Waals surface area contributed by atoms with E-state index in [9.17, 15) is 5.11 Å². The van der Waals surface area contributed by atoms with Crippen LogP contribution in [0.4, 0.5) is 0 Å². The van der Waals surface area contributed by atoms with Crippen molar-refractivity contribution in [3.63, 3.8) is 0 Å². The summed E-state index contributed by atoms with van der Waals surface area (Å²) in [6.45, 7) is 1.94. The van der Waals surface area contributed by atoms with Crippen LogP contribution < -0.4 is 0 Å². The fraction of sp³-hybridized carbons (Fsp3) is 0.700. The Balaban J connectivity index is 2.63. The molecule has 15 heavy (non-hydrogen) atoms. The number of rotatable bonds is 5. The Morgan fingerprint density at radius 2 is 2.27 bits per heavy atom. The van der Waals surface area contributed by atoms with E-state index in [4.69, 9.17) is 11.6 Å². The Morgan fingerprint density at radius 1 is 1.60 bits per heavy atom. The molecule has 86 valence electrons. The van der Waals surface area contributed by atoms with Crippen molar-refractivity contribution in [3.05, 3.63) is 15.9 Å². The Hall–Kier alpha value is -0.0600. The van der Waals surface area contributed by atoms with Crippen LogP contribution in [0.15, 0.2) is 4.47 Å². The second kappa shape index (κ2) is 5.87. The van der Waals surface area contributed by atoms with Crippen molar-refractivity contribution in [3.8, 4) is 0 Å². The van der Waals surface area contributed by atoms with E-state index < -0.39 is 0 Å². The Labute approximate surface area is 104 Å². The molecule has 0 radical (unpaired) electrons. The molecule has 1 aromatic heterocycles. The molecule has 1 atom stereocenters. The summed E-state index contributed by atoms with van der Waals surface area (Å²) in [5.74, 6) is 0.600. The fourth-order valence-corrected chi connectivity index (χ4v) is 2.19. The standard InChI is InChI=1S/C10H16BrClN2O/c1-7-10(11)9(14(2)13-7)6-8(15)4-3-5-12/h8,15H,3-6H2,1-2H3. The van der Waals surface area contributed by atoms with Gasteiger partial charge in [-0.3, -0.25) is 4.68 Å². The first-order valence-electron chi connectivity index (χ1n) is 4.98. The van der Waals surface area contributed by atoms with Crippen molar-refractivity contribution >= 4 is 27.5 Å². The second-order valence-electron chi connectivity index (χ2n) is 3.66. The van der Waals surface area contributed by atoms with Crippen LogP contribution >= 0.6 is 27.5 Å². The molecule has 5 heteroatoms. The number of halogens is 2. The van der Waals surface area contributed by atoms with Crippen LogP contribution in [0.2, 0.25) is 0 Å². The number of hydrogen-bond acceptors (Lipinski definition) is 2. The zero-order valence-electron chi connectivity index (χ0n) is 9.00. The van der Waals surface area contributed by atoms with Crippen LogP contribution in [0, 0.1) is 6.92 Å². The average Bonchev–Trinajstić information content (AvgIpc) is 2.42. The lowest BCUT2D eigenvalue weighted by Gasteiger charge is -2.10.